The average molecular weight is 495 g/mol. The molecule has 0 saturated carbocycles. The van der Waals surface area contributed by atoms with E-state index in [1.807, 2.05) is 68.6 Å². The molecular formula is C21H30IN5O. The van der Waals surface area contributed by atoms with Crippen LogP contribution in [0.15, 0.2) is 53.7 Å². The van der Waals surface area contributed by atoms with Crippen LogP contribution in [0.4, 0.5) is 5.82 Å². The molecule has 0 spiro atoms. The number of guanidine groups is 1. The third kappa shape index (κ3) is 6.25. The number of hydrogen-bond acceptors (Lipinski definition) is 4. The van der Waals surface area contributed by atoms with Crippen molar-refractivity contribution >= 4 is 35.8 Å². The van der Waals surface area contributed by atoms with E-state index in [0.717, 1.165) is 50.0 Å². The van der Waals surface area contributed by atoms with Crippen LogP contribution in [0.5, 0.6) is 5.75 Å². The molecule has 28 heavy (non-hydrogen) atoms. The maximum absolute atomic E-state index is 6.08. The second-order valence-electron chi connectivity index (χ2n) is 6.93. The molecule has 0 radical (unpaired) electrons. The van der Waals surface area contributed by atoms with Crippen molar-refractivity contribution in [1.82, 2.24) is 15.2 Å². The minimum Gasteiger partial charge on any atom is -0.490 e. The number of nitrogens with one attached hydrogen (secondary N) is 1. The third-order valence-corrected chi connectivity index (χ3v) is 4.72. The zero-order valence-corrected chi connectivity index (χ0v) is 19.2. The summed E-state index contributed by atoms with van der Waals surface area (Å²) in [6.45, 7) is 2.61. The number of anilines is 1. The van der Waals surface area contributed by atoms with E-state index in [1.54, 1.807) is 0 Å². The fourth-order valence-corrected chi connectivity index (χ4v) is 3.21. The van der Waals surface area contributed by atoms with Gasteiger partial charge in [-0.1, -0.05) is 18.2 Å². The van der Waals surface area contributed by atoms with E-state index in [2.05, 4.69) is 26.3 Å². The molecule has 1 aliphatic heterocycles. The molecule has 0 aliphatic carbocycles. The van der Waals surface area contributed by atoms with Gasteiger partial charge in [0.2, 0.25) is 0 Å². The fourth-order valence-electron chi connectivity index (χ4n) is 3.21. The lowest BCUT2D eigenvalue weighted by atomic mass is 10.1. The van der Waals surface area contributed by atoms with Gasteiger partial charge in [0, 0.05) is 59.8 Å². The Labute approximate surface area is 185 Å². The van der Waals surface area contributed by atoms with Crippen molar-refractivity contribution in [3.8, 4) is 5.75 Å². The first-order valence-electron chi connectivity index (χ1n) is 9.45. The molecule has 7 heteroatoms. The third-order valence-electron chi connectivity index (χ3n) is 4.72. The summed E-state index contributed by atoms with van der Waals surface area (Å²) in [5.41, 5.74) is 1.19. The Bertz CT molecular complexity index is 745. The molecule has 152 valence electrons. The summed E-state index contributed by atoms with van der Waals surface area (Å²) in [4.78, 5) is 13.1. The van der Waals surface area contributed by atoms with Gasteiger partial charge in [-0.3, -0.25) is 4.99 Å². The minimum absolute atomic E-state index is 0. The lowest BCUT2D eigenvalue weighted by Crippen LogP contribution is -2.47. The van der Waals surface area contributed by atoms with Crippen LogP contribution in [0.2, 0.25) is 0 Å². The number of likely N-dealkylation sites (tertiary alicyclic amines) is 1. The van der Waals surface area contributed by atoms with E-state index in [4.69, 9.17) is 4.74 Å². The maximum Gasteiger partial charge on any atom is 0.193 e. The Balaban J connectivity index is 0.00000280. The number of benzene rings is 1. The molecule has 0 bridgehead atoms. The van der Waals surface area contributed by atoms with Crippen LogP contribution in [0, 0.1) is 0 Å². The highest BCUT2D eigenvalue weighted by Gasteiger charge is 2.22. The first kappa shape index (κ1) is 22.3. The average Bonchev–Trinajstić information content (AvgIpc) is 2.70. The van der Waals surface area contributed by atoms with Crippen molar-refractivity contribution in [3.63, 3.8) is 0 Å². The summed E-state index contributed by atoms with van der Waals surface area (Å²) in [6.07, 6.45) is 4.11. The molecule has 6 nitrogen and oxygen atoms in total. The van der Waals surface area contributed by atoms with Crippen molar-refractivity contribution in [2.45, 2.75) is 25.5 Å². The molecule has 1 fully saturated rings. The Morgan fingerprint density at radius 1 is 1.21 bits per heavy atom. The van der Waals surface area contributed by atoms with E-state index >= 15 is 0 Å². The largest absolute Gasteiger partial charge is 0.490 e. The zero-order chi connectivity index (χ0) is 19.1. The van der Waals surface area contributed by atoms with E-state index in [9.17, 15) is 0 Å². The van der Waals surface area contributed by atoms with Crippen LogP contribution in [-0.2, 0) is 6.54 Å². The number of aromatic nitrogens is 1. The predicted molar refractivity (Wildman–Crippen MR) is 126 cm³/mol. The number of aliphatic imine (C=N–C) groups is 1. The van der Waals surface area contributed by atoms with Gasteiger partial charge in [0.15, 0.2) is 5.96 Å². The Hall–Kier alpha value is -2.03. The molecular weight excluding hydrogens is 465 g/mol. The second kappa shape index (κ2) is 11.1. The van der Waals surface area contributed by atoms with Crippen LogP contribution < -0.4 is 15.0 Å². The van der Waals surface area contributed by atoms with Crippen LogP contribution in [0.1, 0.15) is 18.4 Å². The van der Waals surface area contributed by atoms with Gasteiger partial charge in [0.1, 0.15) is 17.7 Å². The van der Waals surface area contributed by atoms with E-state index in [0.29, 0.717) is 0 Å². The number of hydrogen-bond donors (Lipinski definition) is 1. The Morgan fingerprint density at radius 3 is 2.57 bits per heavy atom. The monoisotopic (exact) mass is 495 g/mol. The van der Waals surface area contributed by atoms with Crippen LogP contribution in [0.25, 0.3) is 0 Å². The molecule has 2 heterocycles. The van der Waals surface area contributed by atoms with Crippen molar-refractivity contribution in [2.75, 3.05) is 39.1 Å². The standard InChI is InChI=1S/C21H29N5O.HI/c1-22-21(24-16-17-9-12-23-20(15-17)25(2)3)26-13-10-19(11-14-26)27-18-7-5-4-6-8-18;/h4-9,12,15,19H,10-11,13-14,16H2,1-3H3,(H,22,24);1H. The summed E-state index contributed by atoms with van der Waals surface area (Å²) in [6, 6.07) is 14.2. The predicted octanol–water partition coefficient (Wildman–Crippen LogP) is 3.38. The first-order chi connectivity index (χ1) is 13.2. The van der Waals surface area contributed by atoms with Gasteiger partial charge in [0.05, 0.1) is 0 Å². The van der Waals surface area contributed by atoms with Gasteiger partial charge in [-0.2, -0.15) is 0 Å². The summed E-state index contributed by atoms with van der Waals surface area (Å²) in [7, 11) is 5.84. The lowest BCUT2D eigenvalue weighted by molar-refractivity contribution is 0.129. The maximum atomic E-state index is 6.08. The van der Waals surface area contributed by atoms with E-state index in [-0.39, 0.29) is 30.1 Å². The zero-order valence-electron chi connectivity index (χ0n) is 16.8. The summed E-state index contributed by atoms with van der Waals surface area (Å²) < 4.78 is 6.08. The van der Waals surface area contributed by atoms with Gasteiger partial charge in [-0.15, -0.1) is 24.0 Å². The summed E-state index contributed by atoms with van der Waals surface area (Å²) >= 11 is 0. The molecule has 1 aromatic carbocycles. The highest BCUT2D eigenvalue weighted by atomic mass is 127. The lowest BCUT2D eigenvalue weighted by Gasteiger charge is -2.34. The fraction of sp³-hybridized carbons (Fsp3) is 0.429. The normalized spacial score (nSPS) is 15.0. The van der Waals surface area contributed by atoms with Crippen LogP contribution >= 0.6 is 24.0 Å². The van der Waals surface area contributed by atoms with Crippen molar-refractivity contribution < 1.29 is 4.74 Å². The molecule has 1 saturated heterocycles. The Kier molecular flexibility index (Phi) is 8.82. The summed E-state index contributed by atoms with van der Waals surface area (Å²) in [5, 5.41) is 3.47. The number of ether oxygens (including phenoxy) is 1. The highest BCUT2D eigenvalue weighted by Crippen LogP contribution is 2.19. The number of rotatable bonds is 5. The highest BCUT2D eigenvalue weighted by molar-refractivity contribution is 14.0. The topological polar surface area (TPSA) is 53.0 Å². The van der Waals surface area contributed by atoms with Crippen molar-refractivity contribution in [3.05, 3.63) is 54.2 Å². The number of halogens is 1. The van der Waals surface area contributed by atoms with E-state index < -0.39 is 0 Å². The van der Waals surface area contributed by atoms with Crippen molar-refractivity contribution in [1.29, 1.82) is 0 Å². The van der Waals surface area contributed by atoms with Crippen LogP contribution in [-0.4, -0.2) is 56.2 Å². The number of para-hydroxylation sites is 1. The van der Waals surface area contributed by atoms with E-state index in [1.165, 1.54) is 5.56 Å². The van der Waals surface area contributed by atoms with Gasteiger partial charge >= 0.3 is 0 Å². The van der Waals surface area contributed by atoms with Crippen molar-refractivity contribution in [2.24, 2.45) is 4.99 Å². The molecule has 2 aromatic rings. The van der Waals surface area contributed by atoms with Crippen LogP contribution in [0.3, 0.4) is 0 Å². The summed E-state index contributed by atoms with van der Waals surface area (Å²) in [5.74, 6) is 2.85. The Morgan fingerprint density at radius 2 is 1.93 bits per heavy atom. The molecule has 0 atom stereocenters. The smallest absolute Gasteiger partial charge is 0.193 e. The number of nitrogens with zero attached hydrogens (tertiary/aromatic N) is 4. The number of piperidine rings is 1. The molecule has 1 N–H and O–H groups in total. The molecule has 0 unspecified atom stereocenters. The number of pyridine rings is 1. The molecule has 1 aromatic heterocycles. The van der Waals surface area contributed by atoms with Gasteiger partial charge in [-0.05, 0) is 29.8 Å². The minimum atomic E-state index is 0. The van der Waals surface area contributed by atoms with Gasteiger partial charge in [-0.25, -0.2) is 4.98 Å². The van der Waals surface area contributed by atoms with Gasteiger partial charge in [0.25, 0.3) is 0 Å². The second-order valence-corrected chi connectivity index (χ2v) is 6.93. The molecule has 0 amide bonds. The first-order valence-corrected chi connectivity index (χ1v) is 9.45. The molecule has 3 rings (SSSR count). The SMILES string of the molecule is CN=C(NCc1ccnc(N(C)C)c1)N1CCC(Oc2ccccc2)CC1.I. The molecule has 1 aliphatic rings. The van der Waals surface area contributed by atoms with Gasteiger partial charge < -0.3 is 19.9 Å². The quantitative estimate of drug-likeness (QED) is 0.392.